The molecular formula is C31H43ClN2O2S. The number of unbranched alkanes of at least 4 members (excludes halogenated alkanes) is 1. The monoisotopic (exact) mass is 542 g/mol. The number of thiol groups is 1. The predicted molar refractivity (Wildman–Crippen MR) is 160 cm³/mol. The number of nitrogens with zero attached hydrogens (tertiary/aromatic N) is 1. The van der Waals surface area contributed by atoms with Crippen molar-refractivity contribution in [2.45, 2.75) is 58.8 Å². The van der Waals surface area contributed by atoms with Crippen molar-refractivity contribution in [3.8, 4) is 5.75 Å². The zero-order valence-electron chi connectivity index (χ0n) is 22.4. The van der Waals surface area contributed by atoms with E-state index in [0.717, 1.165) is 67.4 Å². The lowest BCUT2D eigenvalue weighted by molar-refractivity contribution is 0.1000. The van der Waals surface area contributed by atoms with Crippen LogP contribution in [0.15, 0.2) is 54.6 Å². The number of rotatable bonds is 16. The van der Waals surface area contributed by atoms with Gasteiger partial charge in [0, 0.05) is 23.7 Å². The largest absolute Gasteiger partial charge is 0.491 e. The number of aryl methyl sites for hydroxylation is 1. The van der Waals surface area contributed by atoms with Crippen molar-refractivity contribution in [3.63, 3.8) is 0 Å². The average molecular weight is 543 g/mol. The van der Waals surface area contributed by atoms with Gasteiger partial charge < -0.3 is 15.4 Å². The number of allylic oxidation sites excluding steroid dienone is 2. The van der Waals surface area contributed by atoms with Gasteiger partial charge in [0.05, 0.1) is 12.3 Å². The van der Waals surface area contributed by atoms with Gasteiger partial charge in [-0.3, -0.25) is 4.79 Å². The number of amides is 1. The van der Waals surface area contributed by atoms with Crippen LogP contribution in [0.25, 0.3) is 0 Å². The molecule has 1 fully saturated rings. The molecular weight excluding hydrogens is 500 g/mol. The van der Waals surface area contributed by atoms with Crippen LogP contribution < -0.4 is 15.4 Å². The van der Waals surface area contributed by atoms with Gasteiger partial charge >= 0.3 is 0 Å². The topological polar surface area (TPSA) is 55.6 Å². The van der Waals surface area contributed by atoms with Gasteiger partial charge in [-0.25, -0.2) is 0 Å². The standard InChI is InChI=1S/C31H43ClN2O2S/c1-3-34(21-27-15-14-25(27)12-5-4-9-23(2)22-37)29-20-26(31(33)35)16-17-30(29)36-18-7-6-10-24-11-8-13-28(32)19-24/h4-5,8,11,13,16-17,19-20,23,25,27,37H,3,6-7,9-10,12,14-15,18,21-22H2,1-2H3,(H2,33,35)/b5-4+/t23-,25+,27-/m0/s1. The van der Waals surface area contributed by atoms with Crippen LogP contribution in [0.1, 0.15) is 68.3 Å². The summed E-state index contributed by atoms with van der Waals surface area (Å²) in [5.74, 6) is 3.33. The highest BCUT2D eigenvalue weighted by Crippen LogP contribution is 2.40. The number of benzene rings is 2. The Bertz CT molecular complexity index is 1030. The SMILES string of the molecule is CCN(C[C@@H]1CC[C@H]1C/C=C/C[C@H](C)CS)c1cc(C(N)=O)ccc1OCCCCc1cccc(Cl)c1. The Morgan fingerprint density at radius 2 is 2.00 bits per heavy atom. The van der Waals surface area contributed by atoms with Crippen LogP contribution in [0.4, 0.5) is 5.69 Å². The third kappa shape index (κ3) is 9.30. The van der Waals surface area contributed by atoms with Crippen LogP contribution >= 0.6 is 24.2 Å². The molecule has 2 aromatic carbocycles. The lowest BCUT2D eigenvalue weighted by Crippen LogP contribution is -2.38. The van der Waals surface area contributed by atoms with E-state index in [-0.39, 0.29) is 0 Å². The fourth-order valence-electron chi connectivity index (χ4n) is 4.89. The van der Waals surface area contributed by atoms with Gasteiger partial charge in [0.2, 0.25) is 5.91 Å². The van der Waals surface area contributed by atoms with Crippen LogP contribution in [-0.4, -0.2) is 31.4 Å². The Morgan fingerprint density at radius 1 is 1.19 bits per heavy atom. The number of nitrogens with two attached hydrogens (primary N) is 1. The number of hydrogen-bond acceptors (Lipinski definition) is 4. The molecule has 0 saturated heterocycles. The fraction of sp³-hybridized carbons (Fsp3) is 0.516. The van der Waals surface area contributed by atoms with Gasteiger partial charge in [0.25, 0.3) is 0 Å². The molecule has 0 aliphatic heterocycles. The first-order chi connectivity index (χ1) is 17.9. The minimum absolute atomic E-state index is 0.410. The van der Waals surface area contributed by atoms with E-state index >= 15 is 0 Å². The summed E-state index contributed by atoms with van der Waals surface area (Å²) in [7, 11) is 0. The number of carbonyl (C=O) groups is 1. The summed E-state index contributed by atoms with van der Waals surface area (Å²) in [6.07, 6.45) is 12.4. The Kier molecular flexibility index (Phi) is 12.2. The third-order valence-corrected chi connectivity index (χ3v) is 8.32. The molecule has 1 amide bonds. The quantitative estimate of drug-likeness (QED) is 0.130. The molecule has 2 N–H and O–H groups in total. The van der Waals surface area contributed by atoms with Crippen LogP contribution in [0.5, 0.6) is 5.75 Å². The maximum absolute atomic E-state index is 11.9. The summed E-state index contributed by atoms with van der Waals surface area (Å²) in [5.41, 5.74) is 8.36. The number of ether oxygens (including phenoxy) is 1. The first kappa shape index (κ1) is 29.4. The molecule has 2 aromatic rings. The van der Waals surface area contributed by atoms with E-state index in [1.807, 2.05) is 30.3 Å². The molecule has 3 rings (SSSR count). The summed E-state index contributed by atoms with van der Waals surface area (Å²) in [4.78, 5) is 14.3. The Labute approximate surface area is 234 Å². The molecule has 0 unspecified atom stereocenters. The number of anilines is 1. The summed E-state index contributed by atoms with van der Waals surface area (Å²) >= 11 is 10.5. The maximum atomic E-state index is 11.9. The van der Waals surface area contributed by atoms with Crippen molar-refractivity contribution in [2.75, 3.05) is 30.3 Å². The Hall–Kier alpha value is -2.11. The van der Waals surface area contributed by atoms with Crippen molar-refractivity contribution in [1.29, 1.82) is 0 Å². The molecule has 0 bridgehead atoms. The number of carbonyl (C=O) groups excluding carboxylic acids is 1. The average Bonchev–Trinajstić information content (AvgIpc) is 2.88. The van der Waals surface area contributed by atoms with Crippen molar-refractivity contribution in [3.05, 3.63) is 70.8 Å². The fourth-order valence-corrected chi connectivity index (χ4v) is 5.25. The van der Waals surface area contributed by atoms with Gasteiger partial charge in [-0.1, -0.05) is 42.8 Å². The molecule has 4 nitrogen and oxygen atoms in total. The Balaban J connectivity index is 1.58. The molecule has 0 spiro atoms. The zero-order valence-corrected chi connectivity index (χ0v) is 24.0. The molecule has 0 aromatic heterocycles. The summed E-state index contributed by atoms with van der Waals surface area (Å²) in [6, 6.07) is 13.6. The molecule has 37 heavy (non-hydrogen) atoms. The smallest absolute Gasteiger partial charge is 0.248 e. The lowest BCUT2D eigenvalue weighted by atomic mass is 9.71. The van der Waals surface area contributed by atoms with E-state index in [1.165, 1.54) is 18.4 Å². The first-order valence-corrected chi connectivity index (χ1v) is 14.7. The molecule has 6 heteroatoms. The third-order valence-electron chi connectivity index (χ3n) is 7.46. The van der Waals surface area contributed by atoms with Crippen LogP contribution in [0, 0.1) is 17.8 Å². The van der Waals surface area contributed by atoms with E-state index in [1.54, 1.807) is 6.07 Å². The van der Waals surface area contributed by atoms with Gasteiger partial charge in [0.1, 0.15) is 5.75 Å². The van der Waals surface area contributed by atoms with Crippen molar-refractivity contribution in [1.82, 2.24) is 0 Å². The van der Waals surface area contributed by atoms with Crippen LogP contribution in [-0.2, 0) is 6.42 Å². The van der Waals surface area contributed by atoms with Gasteiger partial charge in [-0.15, -0.1) is 0 Å². The van der Waals surface area contributed by atoms with E-state index < -0.39 is 5.91 Å². The highest BCUT2D eigenvalue weighted by molar-refractivity contribution is 7.80. The van der Waals surface area contributed by atoms with Crippen LogP contribution in [0.2, 0.25) is 5.02 Å². The molecule has 1 aliphatic rings. The minimum atomic E-state index is -0.410. The number of hydrogen-bond donors (Lipinski definition) is 2. The second-order valence-corrected chi connectivity index (χ2v) is 11.2. The lowest BCUT2D eigenvalue weighted by Gasteiger charge is -2.40. The second kappa shape index (κ2) is 15.3. The number of primary amides is 1. The van der Waals surface area contributed by atoms with Crippen molar-refractivity contribution < 1.29 is 9.53 Å². The van der Waals surface area contributed by atoms with E-state index in [2.05, 4.69) is 49.6 Å². The highest BCUT2D eigenvalue weighted by atomic mass is 35.5. The van der Waals surface area contributed by atoms with Crippen LogP contribution in [0.3, 0.4) is 0 Å². The zero-order chi connectivity index (χ0) is 26.6. The Morgan fingerprint density at radius 3 is 2.68 bits per heavy atom. The normalized spacial score (nSPS) is 17.9. The second-order valence-electron chi connectivity index (χ2n) is 10.3. The maximum Gasteiger partial charge on any atom is 0.248 e. The molecule has 1 aliphatic carbocycles. The molecule has 202 valence electrons. The minimum Gasteiger partial charge on any atom is -0.491 e. The van der Waals surface area contributed by atoms with Crippen molar-refractivity contribution >= 4 is 35.8 Å². The highest BCUT2D eigenvalue weighted by Gasteiger charge is 2.31. The van der Waals surface area contributed by atoms with Gasteiger partial charge in [-0.2, -0.15) is 12.6 Å². The summed E-state index contributed by atoms with van der Waals surface area (Å²) in [5, 5.41) is 0.778. The van der Waals surface area contributed by atoms with E-state index in [9.17, 15) is 4.79 Å². The van der Waals surface area contributed by atoms with Gasteiger partial charge in [0.15, 0.2) is 0 Å². The summed E-state index contributed by atoms with van der Waals surface area (Å²) in [6.45, 7) is 6.85. The van der Waals surface area contributed by atoms with Crippen molar-refractivity contribution in [2.24, 2.45) is 23.5 Å². The molecule has 0 radical (unpaired) electrons. The van der Waals surface area contributed by atoms with Gasteiger partial charge in [-0.05, 0) is 111 Å². The van der Waals surface area contributed by atoms with E-state index in [0.29, 0.717) is 29.9 Å². The molecule has 1 saturated carbocycles. The number of halogens is 1. The molecule has 0 heterocycles. The predicted octanol–water partition coefficient (Wildman–Crippen LogP) is 7.60. The summed E-state index contributed by atoms with van der Waals surface area (Å²) < 4.78 is 6.25. The van der Waals surface area contributed by atoms with E-state index in [4.69, 9.17) is 22.1 Å². The molecule has 3 atom stereocenters. The first-order valence-electron chi connectivity index (χ1n) is 13.7.